The summed E-state index contributed by atoms with van der Waals surface area (Å²) in [5.41, 5.74) is 1.03. The van der Waals surface area contributed by atoms with E-state index in [1.54, 1.807) is 7.11 Å². The lowest BCUT2D eigenvalue weighted by Crippen LogP contribution is -3.16. The first kappa shape index (κ1) is 18.7. The van der Waals surface area contributed by atoms with Crippen molar-refractivity contribution in [3.05, 3.63) is 24.3 Å². The molecule has 0 aliphatic carbocycles. The summed E-state index contributed by atoms with van der Waals surface area (Å²) < 4.78 is 5.21. The van der Waals surface area contributed by atoms with Crippen LogP contribution in [0.25, 0.3) is 0 Å². The predicted molar refractivity (Wildman–Crippen MR) is 100 cm³/mol. The molecule has 6 heteroatoms. The fourth-order valence-corrected chi connectivity index (χ4v) is 3.80. The van der Waals surface area contributed by atoms with Crippen molar-refractivity contribution < 1.29 is 19.2 Å². The van der Waals surface area contributed by atoms with E-state index < -0.39 is 0 Å². The van der Waals surface area contributed by atoms with Crippen LogP contribution in [-0.2, 0) is 9.59 Å². The Balaban J connectivity index is 1.54. The fraction of sp³-hybridized carbons (Fsp3) is 0.600. The van der Waals surface area contributed by atoms with E-state index in [9.17, 15) is 9.59 Å². The number of rotatable bonds is 5. The molecule has 0 aromatic heterocycles. The summed E-state index contributed by atoms with van der Waals surface area (Å²) in [5.74, 6) is 0.852. The van der Waals surface area contributed by atoms with Crippen molar-refractivity contribution in [2.45, 2.75) is 33.1 Å². The normalized spacial score (nSPS) is 21.2. The minimum absolute atomic E-state index is 0.00400. The topological polar surface area (TPSA) is 54.3 Å². The van der Waals surface area contributed by atoms with Crippen LogP contribution in [0.15, 0.2) is 24.3 Å². The van der Waals surface area contributed by atoms with Gasteiger partial charge in [0.25, 0.3) is 0 Å². The smallest absolute Gasteiger partial charge is 0.234 e. The molecule has 142 valence electrons. The number of hydrogen-bond acceptors (Lipinski definition) is 4. The van der Waals surface area contributed by atoms with Gasteiger partial charge >= 0.3 is 0 Å². The number of benzene rings is 1. The van der Waals surface area contributed by atoms with E-state index in [2.05, 4.69) is 24.0 Å². The van der Waals surface area contributed by atoms with Crippen LogP contribution >= 0.6 is 0 Å². The molecule has 1 aromatic carbocycles. The Labute approximate surface area is 155 Å². The van der Waals surface area contributed by atoms with Gasteiger partial charge in [-0.25, -0.2) is 4.90 Å². The monoisotopic (exact) mass is 360 g/mol. The number of carbonyl (C=O) groups is 2. The first-order chi connectivity index (χ1) is 12.4. The number of nitrogens with zero attached hydrogens (tertiary/aromatic N) is 2. The maximum Gasteiger partial charge on any atom is 0.234 e. The van der Waals surface area contributed by atoms with Crippen LogP contribution in [0.3, 0.4) is 0 Å². The van der Waals surface area contributed by atoms with Gasteiger partial charge in [-0.15, -0.1) is 0 Å². The summed E-state index contributed by atoms with van der Waals surface area (Å²) in [6, 6.07) is 8.11. The zero-order valence-electron chi connectivity index (χ0n) is 16.1. The van der Waals surface area contributed by atoms with E-state index in [1.165, 1.54) is 15.5 Å². The first-order valence-corrected chi connectivity index (χ1v) is 9.50. The lowest BCUT2D eigenvalue weighted by molar-refractivity contribution is -0.908. The van der Waals surface area contributed by atoms with Crippen LogP contribution in [0.1, 0.15) is 33.1 Å². The van der Waals surface area contributed by atoms with Gasteiger partial charge in [0.05, 0.1) is 33.3 Å². The SMILES string of the molecule is CCC1(C)CC(=O)N(C[NH+]2CCN(c3ccc(OC)cc3)CC2)C(=O)C1. The second kappa shape index (κ2) is 7.66. The summed E-state index contributed by atoms with van der Waals surface area (Å²) in [4.78, 5) is 30.1. The van der Waals surface area contributed by atoms with E-state index >= 15 is 0 Å². The molecular weight excluding hydrogens is 330 g/mol. The van der Waals surface area contributed by atoms with Crippen LogP contribution in [0.5, 0.6) is 5.75 Å². The molecule has 0 unspecified atom stereocenters. The molecule has 0 atom stereocenters. The highest BCUT2D eigenvalue weighted by atomic mass is 16.5. The molecule has 0 saturated carbocycles. The molecule has 2 saturated heterocycles. The van der Waals surface area contributed by atoms with E-state index in [0.29, 0.717) is 19.5 Å². The minimum atomic E-state index is -0.160. The van der Waals surface area contributed by atoms with E-state index in [4.69, 9.17) is 4.74 Å². The molecule has 26 heavy (non-hydrogen) atoms. The second-order valence-corrected chi connectivity index (χ2v) is 7.83. The first-order valence-electron chi connectivity index (χ1n) is 9.50. The van der Waals surface area contributed by atoms with Crippen LogP contribution in [0.2, 0.25) is 0 Å². The van der Waals surface area contributed by atoms with E-state index in [0.717, 1.165) is 38.3 Å². The van der Waals surface area contributed by atoms with E-state index in [1.807, 2.05) is 19.1 Å². The number of piperazine rings is 1. The molecule has 2 amide bonds. The minimum Gasteiger partial charge on any atom is -0.497 e. The van der Waals surface area contributed by atoms with Gasteiger partial charge in [0.1, 0.15) is 5.75 Å². The number of methoxy groups -OCH3 is 1. The van der Waals surface area contributed by atoms with Crippen molar-refractivity contribution in [2.75, 3.05) is 44.9 Å². The Bertz CT molecular complexity index is 633. The van der Waals surface area contributed by atoms with Gasteiger partial charge in [-0.1, -0.05) is 13.8 Å². The molecule has 0 bridgehead atoms. The molecule has 1 aromatic rings. The lowest BCUT2D eigenvalue weighted by Gasteiger charge is -2.39. The highest BCUT2D eigenvalue weighted by Gasteiger charge is 2.41. The number of quaternary nitrogens is 1. The van der Waals surface area contributed by atoms with Crippen molar-refractivity contribution in [2.24, 2.45) is 5.41 Å². The molecule has 6 nitrogen and oxygen atoms in total. The number of piperidine rings is 1. The van der Waals surface area contributed by atoms with Gasteiger partial charge in [0.2, 0.25) is 11.8 Å². The summed E-state index contributed by atoms with van der Waals surface area (Å²) in [7, 11) is 1.67. The predicted octanol–water partition coefficient (Wildman–Crippen LogP) is 0.923. The van der Waals surface area contributed by atoms with Crippen LogP contribution < -0.4 is 14.5 Å². The van der Waals surface area contributed by atoms with Crippen molar-refractivity contribution in [3.8, 4) is 5.75 Å². The Morgan fingerprint density at radius 1 is 1.08 bits per heavy atom. The zero-order valence-corrected chi connectivity index (χ0v) is 16.1. The van der Waals surface area contributed by atoms with Gasteiger partial charge in [-0.2, -0.15) is 0 Å². The number of likely N-dealkylation sites (tertiary alicyclic amines) is 1. The molecule has 0 spiro atoms. The average Bonchev–Trinajstić information content (AvgIpc) is 2.65. The number of carbonyl (C=O) groups excluding carboxylic acids is 2. The molecule has 1 N–H and O–H groups in total. The number of ether oxygens (including phenoxy) is 1. The molecule has 3 rings (SSSR count). The lowest BCUT2D eigenvalue weighted by atomic mass is 9.77. The summed E-state index contributed by atoms with van der Waals surface area (Å²) in [6.07, 6.45) is 1.84. The molecular formula is C20H30N3O3+. The van der Waals surface area contributed by atoms with Crippen molar-refractivity contribution in [1.29, 1.82) is 0 Å². The van der Waals surface area contributed by atoms with Gasteiger partial charge in [0, 0.05) is 18.5 Å². The van der Waals surface area contributed by atoms with Gasteiger partial charge in [-0.05, 0) is 36.1 Å². The van der Waals surface area contributed by atoms with Crippen LogP contribution in [-0.4, -0.2) is 56.7 Å². The largest absolute Gasteiger partial charge is 0.497 e. The maximum atomic E-state index is 12.5. The average molecular weight is 360 g/mol. The number of anilines is 1. The van der Waals surface area contributed by atoms with E-state index in [-0.39, 0.29) is 17.2 Å². The number of amides is 2. The maximum absolute atomic E-state index is 12.5. The molecule has 0 radical (unpaired) electrons. The molecule has 2 heterocycles. The highest BCUT2D eigenvalue weighted by molar-refractivity contribution is 5.98. The van der Waals surface area contributed by atoms with Crippen LogP contribution in [0, 0.1) is 5.41 Å². The molecule has 2 aliphatic rings. The zero-order chi connectivity index (χ0) is 18.7. The fourth-order valence-electron chi connectivity index (χ4n) is 3.80. The standard InChI is InChI=1S/C20H29N3O3/c1-4-20(2)13-18(24)23(19(25)14-20)15-21-9-11-22(12-10-21)16-5-7-17(26-3)8-6-16/h5-8H,4,9-15H2,1-3H3/p+1. The number of hydrogen-bond donors (Lipinski definition) is 1. The summed E-state index contributed by atoms with van der Waals surface area (Å²) >= 11 is 0. The Morgan fingerprint density at radius 2 is 1.65 bits per heavy atom. The summed E-state index contributed by atoms with van der Waals surface area (Å²) in [5, 5.41) is 0. The summed E-state index contributed by atoms with van der Waals surface area (Å²) in [6.45, 7) is 8.30. The Kier molecular flexibility index (Phi) is 5.51. The van der Waals surface area contributed by atoms with Crippen molar-refractivity contribution in [1.82, 2.24) is 4.90 Å². The third-order valence-corrected chi connectivity index (χ3v) is 5.90. The third kappa shape index (κ3) is 4.01. The molecule has 2 fully saturated rings. The third-order valence-electron chi connectivity index (χ3n) is 5.90. The molecule has 2 aliphatic heterocycles. The van der Waals surface area contributed by atoms with Gasteiger partial charge in [-0.3, -0.25) is 9.59 Å². The quantitative estimate of drug-likeness (QED) is 0.794. The Hall–Kier alpha value is -2.08. The second-order valence-electron chi connectivity index (χ2n) is 7.83. The van der Waals surface area contributed by atoms with Crippen molar-refractivity contribution in [3.63, 3.8) is 0 Å². The van der Waals surface area contributed by atoms with Gasteiger partial charge in [0.15, 0.2) is 6.67 Å². The van der Waals surface area contributed by atoms with Crippen molar-refractivity contribution >= 4 is 17.5 Å². The Morgan fingerprint density at radius 3 is 2.15 bits per heavy atom. The number of imide groups is 1. The van der Waals surface area contributed by atoms with Gasteiger partial charge < -0.3 is 14.5 Å². The van der Waals surface area contributed by atoms with Crippen LogP contribution in [0.4, 0.5) is 5.69 Å². The number of nitrogens with one attached hydrogen (secondary N) is 1. The highest BCUT2D eigenvalue weighted by Crippen LogP contribution is 2.35.